The van der Waals surface area contributed by atoms with Crippen LogP contribution in [0.4, 0.5) is 5.69 Å². The summed E-state index contributed by atoms with van der Waals surface area (Å²) < 4.78 is 10.7. The fourth-order valence-corrected chi connectivity index (χ4v) is 2.77. The molecule has 1 aliphatic heterocycles. The second kappa shape index (κ2) is 7.25. The highest BCUT2D eigenvalue weighted by Crippen LogP contribution is 2.27. The van der Waals surface area contributed by atoms with E-state index >= 15 is 0 Å². The Balaban J connectivity index is 1.58. The van der Waals surface area contributed by atoms with E-state index in [1.807, 2.05) is 37.3 Å². The van der Waals surface area contributed by atoms with Crippen LogP contribution in [0.15, 0.2) is 42.5 Å². The molecule has 0 fully saturated rings. The maximum absolute atomic E-state index is 12.1. The molecule has 1 unspecified atom stereocenters. The Kier molecular flexibility index (Phi) is 4.88. The summed E-state index contributed by atoms with van der Waals surface area (Å²) in [5.74, 6) is 0.871. The van der Waals surface area contributed by atoms with E-state index in [4.69, 9.17) is 9.47 Å². The molecule has 6 nitrogen and oxygen atoms in total. The number of hydrogen-bond acceptors (Lipinski definition) is 4. The van der Waals surface area contributed by atoms with Crippen LogP contribution in [0.2, 0.25) is 0 Å². The Morgan fingerprint density at radius 3 is 2.76 bits per heavy atom. The Morgan fingerprint density at radius 1 is 1.24 bits per heavy atom. The third-order valence-electron chi connectivity index (χ3n) is 4.06. The number of fused-ring (bicyclic) bond motifs is 1. The average molecular weight is 340 g/mol. The van der Waals surface area contributed by atoms with E-state index in [1.54, 1.807) is 19.2 Å². The van der Waals surface area contributed by atoms with Gasteiger partial charge in [-0.15, -0.1) is 0 Å². The maximum atomic E-state index is 12.1. The van der Waals surface area contributed by atoms with Crippen LogP contribution >= 0.6 is 0 Å². The number of anilines is 1. The van der Waals surface area contributed by atoms with Crippen molar-refractivity contribution in [2.45, 2.75) is 19.4 Å². The lowest BCUT2D eigenvalue weighted by atomic mass is 10.0. The summed E-state index contributed by atoms with van der Waals surface area (Å²) in [4.78, 5) is 23.6. The largest absolute Gasteiger partial charge is 0.493 e. The zero-order valence-corrected chi connectivity index (χ0v) is 14.2. The molecule has 0 radical (unpaired) electrons. The molecular formula is C19H20N2O4. The molecule has 2 amide bonds. The van der Waals surface area contributed by atoms with Crippen LogP contribution in [0.1, 0.15) is 24.1 Å². The van der Waals surface area contributed by atoms with Gasteiger partial charge in [-0.3, -0.25) is 9.59 Å². The number of benzene rings is 2. The van der Waals surface area contributed by atoms with Crippen molar-refractivity contribution in [1.29, 1.82) is 0 Å². The zero-order valence-electron chi connectivity index (χ0n) is 14.2. The van der Waals surface area contributed by atoms with Gasteiger partial charge in [0.1, 0.15) is 0 Å². The van der Waals surface area contributed by atoms with Gasteiger partial charge in [0.2, 0.25) is 5.91 Å². The molecule has 6 heteroatoms. The smallest absolute Gasteiger partial charge is 0.258 e. The highest BCUT2D eigenvalue weighted by Gasteiger charge is 2.19. The van der Waals surface area contributed by atoms with E-state index in [0.29, 0.717) is 17.9 Å². The number of amides is 2. The second-order valence-electron chi connectivity index (χ2n) is 5.87. The van der Waals surface area contributed by atoms with Gasteiger partial charge in [0, 0.05) is 5.69 Å². The van der Waals surface area contributed by atoms with Crippen molar-refractivity contribution >= 4 is 17.5 Å². The highest BCUT2D eigenvalue weighted by molar-refractivity contribution is 5.99. The molecule has 130 valence electrons. The monoisotopic (exact) mass is 340 g/mol. The minimum absolute atomic E-state index is 0.00551. The topological polar surface area (TPSA) is 76.7 Å². The maximum Gasteiger partial charge on any atom is 0.258 e. The molecule has 0 saturated heterocycles. The second-order valence-corrected chi connectivity index (χ2v) is 5.87. The Morgan fingerprint density at radius 2 is 2.00 bits per heavy atom. The molecule has 1 aliphatic rings. The van der Waals surface area contributed by atoms with Gasteiger partial charge < -0.3 is 20.1 Å². The van der Waals surface area contributed by atoms with Gasteiger partial charge in [0.25, 0.3) is 5.91 Å². The Labute approximate surface area is 146 Å². The molecule has 0 saturated carbocycles. The molecule has 1 heterocycles. The quantitative estimate of drug-likeness (QED) is 0.847. The highest BCUT2D eigenvalue weighted by atomic mass is 16.5. The zero-order chi connectivity index (χ0) is 17.8. The number of carbonyl (C=O) groups excluding carboxylic acids is 2. The Hall–Kier alpha value is -3.02. The third-order valence-corrected chi connectivity index (χ3v) is 4.06. The lowest BCUT2D eigenvalue weighted by Gasteiger charge is -2.16. The first kappa shape index (κ1) is 16.8. The summed E-state index contributed by atoms with van der Waals surface area (Å²) in [6.45, 7) is 1.79. The number of para-hydroxylation sites is 2. The molecule has 0 aromatic heterocycles. The predicted molar refractivity (Wildman–Crippen MR) is 93.8 cm³/mol. The fourth-order valence-electron chi connectivity index (χ4n) is 2.77. The van der Waals surface area contributed by atoms with Crippen LogP contribution in [0.5, 0.6) is 11.5 Å². The van der Waals surface area contributed by atoms with Crippen LogP contribution < -0.4 is 20.1 Å². The van der Waals surface area contributed by atoms with Crippen molar-refractivity contribution in [1.82, 2.24) is 5.32 Å². The molecule has 2 N–H and O–H groups in total. The summed E-state index contributed by atoms with van der Waals surface area (Å²) >= 11 is 0. The molecule has 0 aliphatic carbocycles. The van der Waals surface area contributed by atoms with Crippen molar-refractivity contribution in [3.05, 3.63) is 53.6 Å². The number of methoxy groups -OCH3 is 1. The summed E-state index contributed by atoms with van der Waals surface area (Å²) in [6.07, 6.45) is 0.376. The molecule has 0 bridgehead atoms. The van der Waals surface area contributed by atoms with Gasteiger partial charge >= 0.3 is 0 Å². The lowest BCUT2D eigenvalue weighted by molar-refractivity contribution is -0.123. The van der Waals surface area contributed by atoms with E-state index < -0.39 is 0 Å². The van der Waals surface area contributed by atoms with Crippen LogP contribution in [-0.4, -0.2) is 25.5 Å². The van der Waals surface area contributed by atoms with Gasteiger partial charge in [-0.1, -0.05) is 24.3 Å². The first-order valence-electron chi connectivity index (χ1n) is 8.04. The molecule has 0 spiro atoms. The normalized spacial score (nSPS) is 13.6. The standard InChI is InChI=1S/C19H20N2O4/c1-12(13-7-8-15-14(9-13)10-18(22)21-15)20-19(23)11-25-17-6-4-3-5-16(17)24-2/h3-9,12H,10-11H2,1-2H3,(H,20,23)(H,21,22). The van der Waals surface area contributed by atoms with Crippen molar-refractivity contribution in [2.75, 3.05) is 19.0 Å². The molecule has 2 aromatic carbocycles. The van der Waals surface area contributed by atoms with E-state index in [-0.39, 0.29) is 24.5 Å². The lowest BCUT2D eigenvalue weighted by Crippen LogP contribution is -2.31. The summed E-state index contributed by atoms with van der Waals surface area (Å²) in [6, 6.07) is 12.7. The van der Waals surface area contributed by atoms with E-state index in [9.17, 15) is 9.59 Å². The summed E-state index contributed by atoms with van der Waals surface area (Å²) in [5, 5.41) is 5.69. The number of rotatable bonds is 6. The number of nitrogens with one attached hydrogen (secondary N) is 2. The molecular weight excluding hydrogens is 320 g/mol. The number of ether oxygens (including phenoxy) is 2. The fraction of sp³-hybridized carbons (Fsp3) is 0.263. The summed E-state index contributed by atoms with van der Waals surface area (Å²) in [7, 11) is 1.55. The van der Waals surface area contributed by atoms with Gasteiger partial charge in [0.05, 0.1) is 19.6 Å². The van der Waals surface area contributed by atoms with Gasteiger partial charge in [-0.25, -0.2) is 0 Å². The molecule has 3 rings (SSSR count). The van der Waals surface area contributed by atoms with Crippen LogP contribution in [0, 0.1) is 0 Å². The third kappa shape index (κ3) is 3.91. The predicted octanol–water partition coefficient (Wildman–Crippen LogP) is 2.45. The van der Waals surface area contributed by atoms with Gasteiger partial charge in [-0.05, 0) is 36.2 Å². The van der Waals surface area contributed by atoms with E-state index in [1.165, 1.54) is 0 Å². The van der Waals surface area contributed by atoms with Crippen molar-refractivity contribution in [3.63, 3.8) is 0 Å². The molecule has 1 atom stereocenters. The van der Waals surface area contributed by atoms with Gasteiger partial charge in [-0.2, -0.15) is 0 Å². The minimum atomic E-state index is -0.229. The van der Waals surface area contributed by atoms with Crippen molar-refractivity contribution < 1.29 is 19.1 Å². The van der Waals surface area contributed by atoms with Crippen molar-refractivity contribution in [2.24, 2.45) is 0 Å². The van der Waals surface area contributed by atoms with Crippen LogP contribution in [0.25, 0.3) is 0 Å². The van der Waals surface area contributed by atoms with E-state index in [2.05, 4.69) is 10.6 Å². The van der Waals surface area contributed by atoms with Crippen LogP contribution in [-0.2, 0) is 16.0 Å². The summed E-state index contributed by atoms with van der Waals surface area (Å²) in [5.41, 5.74) is 2.74. The van der Waals surface area contributed by atoms with E-state index in [0.717, 1.165) is 16.8 Å². The number of hydrogen-bond donors (Lipinski definition) is 2. The Bertz CT molecular complexity index is 804. The first-order valence-corrected chi connectivity index (χ1v) is 8.04. The van der Waals surface area contributed by atoms with Crippen molar-refractivity contribution in [3.8, 4) is 11.5 Å². The van der Waals surface area contributed by atoms with Gasteiger partial charge in [0.15, 0.2) is 18.1 Å². The first-order chi connectivity index (χ1) is 12.1. The minimum Gasteiger partial charge on any atom is -0.493 e. The molecule has 25 heavy (non-hydrogen) atoms. The molecule has 2 aromatic rings. The average Bonchev–Trinajstić information content (AvgIpc) is 2.99. The SMILES string of the molecule is COc1ccccc1OCC(=O)NC(C)c1ccc2c(c1)CC(=O)N2. The van der Waals surface area contributed by atoms with Crippen LogP contribution in [0.3, 0.4) is 0 Å². The number of carbonyl (C=O) groups is 2.